The fraction of sp³-hybridized carbons (Fsp3) is 0.244. The Hall–Kier alpha value is -6.44. The quantitative estimate of drug-likeness (QED) is 0.124. The Labute approximate surface area is 340 Å². The number of ketones is 1. The summed E-state index contributed by atoms with van der Waals surface area (Å²) in [6.45, 7) is 0. The molecule has 0 aliphatic carbocycles. The van der Waals surface area contributed by atoms with Crippen molar-refractivity contribution >= 4 is 52.4 Å². The largest absolute Gasteiger partial charge is 0.481 e. The van der Waals surface area contributed by atoms with Gasteiger partial charge in [0.15, 0.2) is 5.78 Å². The van der Waals surface area contributed by atoms with E-state index in [0.717, 1.165) is 21.6 Å². The maximum absolute atomic E-state index is 14.4. The summed E-state index contributed by atoms with van der Waals surface area (Å²) in [6, 6.07) is 31.7. The van der Waals surface area contributed by atoms with Crippen molar-refractivity contribution in [2.45, 2.75) is 62.7 Å². The van der Waals surface area contributed by atoms with Gasteiger partial charge < -0.3 is 32.1 Å². The lowest BCUT2D eigenvalue weighted by molar-refractivity contribution is -0.144. The van der Waals surface area contributed by atoms with Gasteiger partial charge in [0.2, 0.25) is 23.6 Å². The zero-order valence-corrected chi connectivity index (χ0v) is 32.5. The molecular formula is C45H45N5O7S. The van der Waals surface area contributed by atoms with E-state index in [1.54, 1.807) is 36.4 Å². The Morgan fingerprint density at radius 1 is 0.603 bits per heavy atom. The van der Waals surface area contributed by atoms with Gasteiger partial charge in [0.05, 0.1) is 24.4 Å². The third-order valence-electron chi connectivity index (χ3n) is 10.0. The van der Waals surface area contributed by atoms with Crippen molar-refractivity contribution in [3.05, 3.63) is 148 Å². The average molecular weight is 800 g/mol. The second-order valence-electron chi connectivity index (χ2n) is 14.4. The van der Waals surface area contributed by atoms with Crippen LogP contribution in [-0.4, -0.2) is 64.7 Å². The number of fused-ring (bicyclic) bond motifs is 18. The van der Waals surface area contributed by atoms with Crippen LogP contribution in [0.5, 0.6) is 0 Å². The van der Waals surface area contributed by atoms with Crippen LogP contribution in [0.25, 0.3) is 11.1 Å². The number of hydrogen-bond acceptors (Lipinski definition) is 8. The number of nitrogens with one attached hydrogen (secondary N) is 4. The van der Waals surface area contributed by atoms with Crippen molar-refractivity contribution in [3.8, 4) is 11.1 Å². The van der Waals surface area contributed by atoms with Gasteiger partial charge in [-0.1, -0.05) is 103 Å². The predicted molar refractivity (Wildman–Crippen MR) is 222 cm³/mol. The molecule has 13 heteroatoms. The second-order valence-corrected chi connectivity index (χ2v) is 15.4. The molecule has 5 atom stereocenters. The van der Waals surface area contributed by atoms with E-state index in [4.69, 9.17) is 5.73 Å². The maximum Gasteiger partial charge on any atom is 0.307 e. The average Bonchev–Trinajstić information content (AvgIpc) is 3.74. The van der Waals surface area contributed by atoms with Gasteiger partial charge in [-0.3, -0.25) is 28.8 Å². The molecule has 2 aliphatic rings. The summed E-state index contributed by atoms with van der Waals surface area (Å²) in [4.78, 5) is 82.5. The number of Topliss-reactive ketones (excluding diaryl/α,β-unsaturated/α-hetero) is 1. The van der Waals surface area contributed by atoms with Gasteiger partial charge in [-0.2, -0.15) is 0 Å². The summed E-state index contributed by atoms with van der Waals surface area (Å²) in [5, 5.41) is 23.2. The highest BCUT2D eigenvalue weighted by Crippen LogP contribution is 2.22. The van der Waals surface area contributed by atoms with Crippen LogP contribution in [0.2, 0.25) is 0 Å². The lowest BCUT2D eigenvalue weighted by Crippen LogP contribution is -2.57. The maximum atomic E-state index is 14.4. The first-order valence-corrected chi connectivity index (χ1v) is 19.9. The Morgan fingerprint density at radius 3 is 1.83 bits per heavy atom. The number of rotatable bonds is 8. The third kappa shape index (κ3) is 11.6. The van der Waals surface area contributed by atoms with Crippen molar-refractivity contribution < 1.29 is 33.9 Å². The number of hydrogen-bond donors (Lipinski definition) is 6. The highest BCUT2D eigenvalue weighted by Gasteiger charge is 2.33. The molecular weight excluding hydrogens is 755 g/mol. The zero-order chi connectivity index (χ0) is 41.0. The van der Waals surface area contributed by atoms with Gasteiger partial charge in [-0.25, -0.2) is 0 Å². The van der Waals surface area contributed by atoms with Gasteiger partial charge in [-0.15, -0.1) is 11.3 Å². The summed E-state index contributed by atoms with van der Waals surface area (Å²) < 4.78 is 0. The first-order valence-electron chi connectivity index (χ1n) is 19.0. The molecule has 298 valence electrons. The Morgan fingerprint density at radius 2 is 1.19 bits per heavy atom. The van der Waals surface area contributed by atoms with Crippen LogP contribution < -0.4 is 27.0 Å². The predicted octanol–water partition coefficient (Wildman–Crippen LogP) is 4.47. The van der Waals surface area contributed by atoms with Crippen LogP contribution in [-0.2, 0) is 54.5 Å². The van der Waals surface area contributed by atoms with Crippen molar-refractivity contribution in [2.75, 3.05) is 5.32 Å². The van der Waals surface area contributed by atoms with E-state index < -0.39 is 71.9 Å². The van der Waals surface area contributed by atoms with Crippen LogP contribution >= 0.6 is 11.3 Å². The lowest BCUT2D eigenvalue weighted by atomic mass is 9.90. The van der Waals surface area contributed by atoms with Crippen LogP contribution in [0.15, 0.2) is 127 Å². The van der Waals surface area contributed by atoms with E-state index in [1.165, 1.54) is 11.3 Å². The number of carbonyl (C=O) groups excluding carboxylic acids is 5. The summed E-state index contributed by atoms with van der Waals surface area (Å²) in [7, 11) is 0. The van der Waals surface area contributed by atoms with Crippen LogP contribution in [0.1, 0.15) is 34.4 Å². The second kappa shape index (κ2) is 19.6. The molecule has 0 unspecified atom stereocenters. The Kier molecular flexibility index (Phi) is 13.9. The number of carboxylic acid groups (broad SMARTS) is 1. The Bertz CT molecular complexity index is 2200. The number of carboxylic acids is 1. The molecule has 0 fully saturated rings. The van der Waals surface area contributed by atoms with Crippen molar-refractivity contribution in [1.29, 1.82) is 0 Å². The number of carbonyl (C=O) groups is 6. The van der Waals surface area contributed by atoms with Gasteiger partial charge in [0.1, 0.15) is 12.1 Å². The number of thiophene rings is 1. The smallest absolute Gasteiger partial charge is 0.307 e. The lowest BCUT2D eigenvalue weighted by Gasteiger charge is -2.26. The molecule has 2 aliphatic heterocycles. The standard InChI is InChI=1S/C45H45N5O7S/c46-36-27-41(52)48-39(26-35-12-7-21-58-35)44(55)50-38(24-30-13-17-32(18-14-30)31-10-5-2-6-11-31)43(54)49-37(23-28-8-3-1-4-9-28)40(51)25-33(45(56)57)22-29-15-19-34(20-16-29)47-42(36)53/h1-21,33,36-39H,22-27,46H2,(H,47,53)(H,48,52)(H,49,54)(H,50,55)(H,56,57)/t33-,36+,37-,38+,39-/m1/s1. The van der Waals surface area contributed by atoms with Crippen molar-refractivity contribution in [3.63, 3.8) is 0 Å². The van der Waals surface area contributed by atoms with Crippen molar-refractivity contribution in [1.82, 2.24) is 16.0 Å². The summed E-state index contributed by atoms with van der Waals surface area (Å²) in [5.74, 6) is -5.41. The molecule has 12 nitrogen and oxygen atoms in total. The third-order valence-corrected chi connectivity index (χ3v) is 10.9. The molecule has 7 rings (SSSR count). The Balaban J connectivity index is 1.35. The molecule has 58 heavy (non-hydrogen) atoms. The fourth-order valence-corrected chi connectivity index (χ4v) is 7.56. The van der Waals surface area contributed by atoms with E-state index >= 15 is 0 Å². The molecule has 0 radical (unpaired) electrons. The van der Waals surface area contributed by atoms with Gasteiger partial charge >= 0.3 is 5.97 Å². The summed E-state index contributed by atoms with van der Waals surface area (Å²) >= 11 is 1.39. The highest BCUT2D eigenvalue weighted by molar-refractivity contribution is 7.09. The first kappa shape index (κ1) is 41.2. The first-order chi connectivity index (χ1) is 28.0. The summed E-state index contributed by atoms with van der Waals surface area (Å²) in [5.41, 5.74) is 10.5. The minimum Gasteiger partial charge on any atom is -0.481 e. The number of nitrogens with two attached hydrogens (primary N) is 1. The minimum atomic E-state index is -1.26. The van der Waals surface area contributed by atoms with Gasteiger partial charge in [0, 0.05) is 29.8 Å². The molecule has 5 aromatic rings. The SMILES string of the molecule is N[C@H]1CC(=O)N[C@H](Cc2cccs2)C(=O)N[C@@H](Cc2ccc(-c3ccccc3)cc2)C(=O)N[C@H](Cc2ccccc2)C(=O)C[C@H](C(=O)O)Cc2ccc(cc2)NC1=O. The molecule has 2 bridgehead atoms. The van der Waals surface area contributed by atoms with Gasteiger partial charge in [0.25, 0.3) is 0 Å². The molecule has 4 aromatic carbocycles. The number of benzene rings is 4. The van der Waals surface area contributed by atoms with Gasteiger partial charge in [-0.05, 0) is 64.2 Å². The normalized spacial score (nSPS) is 21.2. The minimum absolute atomic E-state index is 0.00424. The van der Waals surface area contributed by atoms with Crippen LogP contribution in [0.3, 0.4) is 0 Å². The van der Waals surface area contributed by atoms with E-state index in [2.05, 4.69) is 21.3 Å². The fourth-order valence-electron chi connectivity index (χ4n) is 6.81. The van der Waals surface area contributed by atoms with Crippen molar-refractivity contribution in [2.24, 2.45) is 11.7 Å². The summed E-state index contributed by atoms with van der Waals surface area (Å²) in [6.07, 6.45) is -0.612. The molecule has 0 saturated heterocycles. The molecule has 3 heterocycles. The van der Waals surface area contributed by atoms with Crippen LogP contribution in [0, 0.1) is 5.92 Å². The molecule has 4 amide bonds. The topological polar surface area (TPSA) is 197 Å². The van der Waals surface area contributed by atoms with E-state index in [0.29, 0.717) is 16.8 Å². The van der Waals surface area contributed by atoms with Crippen LogP contribution in [0.4, 0.5) is 5.69 Å². The van der Waals surface area contributed by atoms with E-state index in [1.807, 2.05) is 90.3 Å². The number of amides is 4. The molecule has 0 saturated carbocycles. The highest BCUT2D eigenvalue weighted by atomic mass is 32.1. The molecule has 7 N–H and O–H groups in total. The monoisotopic (exact) mass is 799 g/mol. The molecule has 0 spiro atoms. The van der Waals surface area contributed by atoms with E-state index in [9.17, 15) is 33.9 Å². The van der Waals surface area contributed by atoms with E-state index in [-0.39, 0.29) is 32.1 Å². The zero-order valence-electron chi connectivity index (χ0n) is 31.6. The molecule has 1 aromatic heterocycles. The number of aliphatic carboxylic acids is 1. The number of anilines is 1.